The summed E-state index contributed by atoms with van der Waals surface area (Å²) in [5, 5.41) is 13.4. The molecule has 198 valence electrons. The summed E-state index contributed by atoms with van der Waals surface area (Å²) in [6, 6.07) is 9.83. The van der Waals surface area contributed by atoms with Crippen LogP contribution >= 0.6 is 23.2 Å². The first-order valence-corrected chi connectivity index (χ1v) is 14.1. The van der Waals surface area contributed by atoms with Crippen LogP contribution in [0.3, 0.4) is 0 Å². The number of carbonyl (C=O) groups excluding carboxylic acids is 1. The largest absolute Gasteiger partial charge is 0.468 e. The molecule has 0 saturated carbocycles. The number of halogens is 2. The van der Waals surface area contributed by atoms with Crippen molar-refractivity contribution in [3.63, 3.8) is 0 Å². The van der Waals surface area contributed by atoms with E-state index in [1.165, 1.54) is 47.8 Å². The van der Waals surface area contributed by atoms with E-state index in [-0.39, 0.29) is 41.1 Å². The van der Waals surface area contributed by atoms with Crippen molar-refractivity contribution in [3.05, 3.63) is 52.0 Å². The summed E-state index contributed by atoms with van der Waals surface area (Å²) in [6.07, 6.45) is 2.38. The highest BCUT2D eigenvalue weighted by Gasteiger charge is 2.42. The first-order valence-electron chi connectivity index (χ1n) is 12.0. The maximum Gasteiger partial charge on any atom is 0.325 e. The van der Waals surface area contributed by atoms with Gasteiger partial charge in [-0.1, -0.05) is 23.2 Å². The van der Waals surface area contributed by atoms with E-state index in [9.17, 15) is 18.5 Å². The van der Waals surface area contributed by atoms with Gasteiger partial charge in [-0.2, -0.15) is 9.57 Å². The van der Waals surface area contributed by atoms with Crippen LogP contribution in [0.5, 0.6) is 11.5 Å². The fourth-order valence-electron chi connectivity index (χ4n) is 4.81. The molecule has 0 amide bonds. The molecule has 0 aliphatic carbocycles. The number of rotatable bonds is 6. The number of methoxy groups -OCH3 is 1. The first kappa shape index (κ1) is 27.6. The molecule has 2 aromatic carbocycles. The van der Waals surface area contributed by atoms with Gasteiger partial charge in [-0.05, 0) is 75.3 Å². The third-order valence-electron chi connectivity index (χ3n) is 6.60. The number of nitrogens with zero attached hydrogens (tertiary/aromatic N) is 3. The molecule has 37 heavy (non-hydrogen) atoms. The molecule has 12 heteroatoms. The summed E-state index contributed by atoms with van der Waals surface area (Å²) < 4.78 is 40.3. The van der Waals surface area contributed by atoms with E-state index < -0.39 is 22.0 Å². The number of nitrogens with one attached hydrogen (secondary N) is 1. The molecule has 0 spiro atoms. The minimum absolute atomic E-state index is 0.0135. The molecule has 4 rings (SSSR count). The van der Waals surface area contributed by atoms with Crippen LogP contribution < -0.4 is 10.1 Å². The summed E-state index contributed by atoms with van der Waals surface area (Å²) in [6.45, 7) is 2.74. The average Bonchev–Trinajstić information content (AvgIpc) is 3.12. The second-order valence-corrected chi connectivity index (χ2v) is 11.7. The zero-order valence-electron chi connectivity index (χ0n) is 20.3. The number of piperidine rings is 1. The van der Waals surface area contributed by atoms with Gasteiger partial charge in [0, 0.05) is 29.2 Å². The summed E-state index contributed by atoms with van der Waals surface area (Å²) in [7, 11) is -3.05. The van der Waals surface area contributed by atoms with Gasteiger partial charge in [0.05, 0.1) is 18.7 Å². The Balaban J connectivity index is 1.73. The Labute approximate surface area is 226 Å². The lowest BCUT2D eigenvalue weighted by molar-refractivity contribution is -0.145. The molecular weight excluding hydrogens is 539 g/mol. The van der Waals surface area contributed by atoms with Crippen LogP contribution in [0.1, 0.15) is 24.8 Å². The minimum Gasteiger partial charge on any atom is -0.468 e. The normalized spacial score (nSPS) is 20.1. The maximum atomic E-state index is 14.1. The van der Waals surface area contributed by atoms with Gasteiger partial charge in [-0.15, -0.1) is 0 Å². The molecular formula is C25H28Cl2N4O5S. The van der Waals surface area contributed by atoms with Crippen molar-refractivity contribution < 1.29 is 22.7 Å². The van der Waals surface area contributed by atoms with Crippen molar-refractivity contribution in [2.24, 2.45) is 0 Å². The Bertz CT molecular complexity index is 1270. The van der Waals surface area contributed by atoms with Crippen molar-refractivity contribution in [3.8, 4) is 17.6 Å². The van der Waals surface area contributed by atoms with Gasteiger partial charge in [0.1, 0.15) is 22.4 Å². The highest BCUT2D eigenvalue weighted by atomic mass is 35.5. The number of sulfonamides is 1. The number of hydrogen-bond acceptors (Lipinski definition) is 8. The van der Waals surface area contributed by atoms with E-state index in [4.69, 9.17) is 32.7 Å². The number of carbonyl (C=O) groups is 1. The standard InChI is InChI=1S/C25H28Cl2N4O5S/c1-35-25(32)22-16-30(20-5-7-29-8-6-20)9-2-10-31(22)37(33,34)24-11-17(15-28)3-4-23(24)36-21-13-18(26)12-19(27)14-21/h3-4,11-14,20,22,29H,2,5-10,16H2,1H3. The smallest absolute Gasteiger partial charge is 0.325 e. The minimum atomic E-state index is -4.30. The van der Waals surface area contributed by atoms with Crippen LogP contribution in [0.2, 0.25) is 10.0 Å². The van der Waals surface area contributed by atoms with E-state index in [1.807, 2.05) is 6.07 Å². The first-order chi connectivity index (χ1) is 17.7. The molecule has 0 bridgehead atoms. The summed E-state index contributed by atoms with van der Waals surface area (Å²) >= 11 is 12.2. The van der Waals surface area contributed by atoms with Crippen LogP contribution in [-0.4, -0.2) is 75.5 Å². The van der Waals surface area contributed by atoms with Crippen LogP contribution in [0.15, 0.2) is 41.3 Å². The van der Waals surface area contributed by atoms with Crippen molar-refractivity contribution in [2.75, 3.05) is 39.8 Å². The van der Waals surface area contributed by atoms with E-state index >= 15 is 0 Å². The molecule has 2 aliphatic rings. The predicted molar refractivity (Wildman–Crippen MR) is 139 cm³/mol. The highest BCUT2D eigenvalue weighted by molar-refractivity contribution is 7.89. The SMILES string of the molecule is COC(=O)C1CN(C2CCNCC2)CCCN1S(=O)(=O)c1cc(C#N)ccc1Oc1cc(Cl)cc(Cl)c1. The molecule has 1 unspecified atom stereocenters. The Morgan fingerprint density at radius 3 is 2.46 bits per heavy atom. The zero-order valence-corrected chi connectivity index (χ0v) is 22.7. The molecule has 2 saturated heterocycles. The number of nitriles is 1. The molecule has 1 atom stereocenters. The van der Waals surface area contributed by atoms with E-state index in [0.29, 0.717) is 23.0 Å². The third-order valence-corrected chi connectivity index (χ3v) is 8.97. The van der Waals surface area contributed by atoms with Crippen LogP contribution in [-0.2, 0) is 19.6 Å². The van der Waals surface area contributed by atoms with E-state index in [0.717, 1.165) is 25.9 Å². The highest BCUT2D eigenvalue weighted by Crippen LogP contribution is 2.35. The molecule has 2 fully saturated rings. The third kappa shape index (κ3) is 6.37. The number of ether oxygens (including phenoxy) is 2. The fourth-order valence-corrected chi connectivity index (χ4v) is 7.07. The predicted octanol–water partition coefficient (Wildman–Crippen LogP) is 3.65. The molecule has 2 aliphatic heterocycles. The van der Waals surface area contributed by atoms with E-state index in [2.05, 4.69) is 10.2 Å². The lowest BCUT2D eigenvalue weighted by Gasteiger charge is -2.35. The van der Waals surface area contributed by atoms with Gasteiger partial charge in [0.15, 0.2) is 0 Å². The molecule has 0 aromatic heterocycles. The van der Waals surface area contributed by atoms with Crippen molar-refractivity contribution in [1.82, 2.24) is 14.5 Å². The van der Waals surface area contributed by atoms with Crippen LogP contribution in [0.25, 0.3) is 0 Å². The molecule has 0 radical (unpaired) electrons. The fraction of sp³-hybridized carbons (Fsp3) is 0.440. The monoisotopic (exact) mass is 566 g/mol. The second kappa shape index (κ2) is 12.0. The molecule has 2 heterocycles. The maximum absolute atomic E-state index is 14.1. The number of hydrogen-bond donors (Lipinski definition) is 1. The van der Waals surface area contributed by atoms with E-state index in [1.54, 1.807) is 0 Å². The zero-order chi connectivity index (χ0) is 26.6. The van der Waals surface area contributed by atoms with Gasteiger partial charge in [-0.25, -0.2) is 8.42 Å². The van der Waals surface area contributed by atoms with Crippen molar-refractivity contribution in [1.29, 1.82) is 5.26 Å². The number of esters is 1. The van der Waals surface area contributed by atoms with Crippen molar-refractivity contribution >= 4 is 39.2 Å². The Morgan fingerprint density at radius 2 is 1.81 bits per heavy atom. The Kier molecular flexibility index (Phi) is 8.95. The van der Waals surface area contributed by atoms with Crippen molar-refractivity contribution in [2.45, 2.75) is 36.2 Å². The summed E-state index contributed by atoms with van der Waals surface area (Å²) in [4.78, 5) is 14.9. The van der Waals surface area contributed by atoms with Gasteiger partial charge < -0.3 is 14.8 Å². The summed E-state index contributed by atoms with van der Waals surface area (Å²) in [5.41, 5.74) is 0.135. The molecule has 9 nitrogen and oxygen atoms in total. The second-order valence-electron chi connectivity index (χ2n) is 8.96. The van der Waals surface area contributed by atoms with Crippen LogP contribution in [0, 0.1) is 11.3 Å². The Morgan fingerprint density at radius 1 is 1.11 bits per heavy atom. The number of benzene rings is 2. The molecule has 1 N–H and O–H groups in total. The van der Waals surface area contributed by atoms with Gasteiger partial charge in [-0.3, -0.25) is 9.69 Å². The average molecular weight is 567 g/mol. The Hall–Kier alpha value is -2.39. The lowest BCUT2D eigenvalue weighted by Crippen LogP contribution is -2.52. The lowest BCUT2D eigenvalue weighted by atomic mass is 10.0. The quantitative estimate of drug-likeness (QED) is 0.527. The van der Waals surface area contributed by atoms with Crippen LogP contribution in [0.4, 0.5) is 0 Å². The van der Waals surface area contributed by atoms with Gasteiger partial charge in [0.25, 0.3) is 0 Å². The van der Waals surface area contributed by atoms with Gasteiger partial charge >= 0.3 is 5.97 Å². The van der Waals surface area contributed by atoms with Gasteiger partial charge in [0.2, 0.25) is 10.0 Å². The summed E-state index contributed by atoms with van der Waals surface area (Å²) in [5.74, 6) is -0.415. The molecule has 2 aromatic rings. The topological polar surface area (TPSA) is 112 Å².